The summed E-state index contributed by atoms with van der Waals surface area (Å²) in [5.74, 6) is 0. The topological polar surface area (TPSA) is 36.1 Å². The zero-order valence-corrected chi connectivity index (χ0v) is 37.8. The second kappa shape index (κ2) is 15.1. The van der Waals surface area contributed by atoms with Gasteiger partial charge in [-0.25, -0.2) is 0 Å². The summed E-state index contributed by atoms with van der Waals surface area (Å²) in [5, 5.41) is 9.07. The van der Waals surface area contributed by atoms with Crippen molar-refractivity contribution in [1.82, 2.24) is 9.13 Å². The Labute approximate surface area is 402 Å². The molecule has 15 aromatic rings. The molecule has 0 saturated heterocycles. The molecule has 4 nitrogen and oxygen atoms in total. The Bertz CT molecular complexity index is 4260. The van der Waals surface area contributed by atoms with Crippen molar-refractivity contribution in [3.05, 3.63) is 243 Å². The maximum absolute atomic E-state index is 6.71. The van der Waals surface area contributed by atoms with E-state index in [0.29, 0.717) is 0 Å². The van der Waals surface area contributed by atoms with Crippen LogP contribution in [0.1, 0.15) is 0 Å². The molecule has 0 radical (unpaired) electrons. The van der Waals surface area contributed by atoms with Crippen LogP contribution in [0.15, 0.2) is 251 Å². The first kappa shape index (κ1) is 38.7. The van der Waals surface area contributed by atoms with Gasteiger partial charge >= 0.3 is 0 Å². The van der Waals surface area contributed by atoms with Crippen LogP contribution >= 0.6 is 0 Å². The van der Waals surface area contributed by atoms with Crippen molar-refractivity contribution in [2.24, 2.45) is 0 Å². The fraction of sp³-hybridized carbons (Fsp3) is 0. The third kappa shape index (κ3) is 5.90. The van der Waals surface area contributed by atoms with Crippen LogP contribution in [0.4, 0.5) is 0 Å². The highest BCUT2D eigenvalue weighted by Gasteiger charge is 2.20. The fourth-order valence-electron chi connectivity index (χ4n) is 11.2. The highest BCUT2D eigenvalue weighted by molar-refractivity contribution is 6.20. The number of rotatable bonds is 6. The summed E-state index contributed by atoms with van der Waals surface area (Å²) < 4.78 is 18.2. The Balaban J connectivity index is 0.838. The van der Waals surface area contributed by atoms with E-state index in [0.717, 1.165) is 77.5 Å². The maximum atomic E-state index is 6.71. The van der Waals surface area contributed by atoms with Gasteiger partial charge in [0.25, 0.3) is 0 Å². The van der Waals surface area contributed by atoms with Gasteiger partial charge < -0.3 is 18.0 Å². The molecule has 0 aliphatic heterocycles. The minimum atomic E-state index is 0.765. The number of hydrogen-bond donors (Lipinski definition) is 0. The van der Waals surface area contributed by atoms with E-state index in [-0.39, 0.29) is 0 Å². The quantitative estimate of drug-likeness (QED) is 0.167. The number of benzene rings is 11. The predicted octanol–water partition coefficient (Wildman–Crippen LogP) is 18.3. The van der Waals surface area contributed by atoms with E-state index in [2.05, 4.69) is 252 Å². The van der Waals surface area contributed by atoms with Crippen LogP contribution in [-0.2, 0) is 0 Å². The van der Waals surface area contributed by atoms with Gasteiger partial charge in [-0.3, -0.25) is 0 Å². The Morgan fingerprint density at radius 3 is 0.843 bits per heavy atom. The van der Waals surface area contributed by atoms with Crippen LogP contribution in [0.2, 0.25) is 0 Å². The summed E-state index contributed by atoms with van der Waals surface area (Å²) in [7, 11) is 0. The molecule has 0 unspecified atom stereocenters. The lowest BCUT2D eigenvalue weighted by atomic mass is 9.98. The normalized spacial score (nSPS) is 12.0. The van der Waals surface area contributed by atoms with E-state index in [1.165, 1.54) is 65.9 Å². The molecule has 70 heavy (non-hydrogen) atoms. The predicted molar refractivity (Wildman–Crippen MR) is 291 cm³/mol. The zero-order chi connectivity index (χ0) is 45.9. The molecule has 0 atom stereocenters. The minimum absolute atomic E-state index is 0.765. The first-order valence-electron chi connectivity index (χ1n) is 23.9. The molecule has 11 aromatic carbocycles. The second-order valence-corrected chi connectivity index (χ2v) is 18.4. The van der Waals surface area contributed by atoms with Crippen LogP contribution < -0.4 is 0 Å². The van der Waals surface area contributed by atoms with Crippen molar-refractivity contribution in [2.75, 3.05) is 0 Å². The molecule has 0 bridgehead atoms. The molecular formula is C66H40N2O2. The number of nitrogens with zero attached hydrogens (tertiary/aromatic N) is 2. The third-order valence-electron chi connectivity index (χ3n) is 14.5. The van der Waals surface area contributed by atoms with Gasteiger partial charge in [0.1, 0.15) is 11.2 Å². The molecule has 4 heteroatoms. The van der Waals surface area contributed by atoms with Crippen molar-refractivity contribution in [1.29, 1.82) is 0 Å². The van der Waals surface area contributed by atoms with Gasteiger partial charge in [-0.05, 0) is 154 Å². The molecule has 0 fully saturated rings. The van der Waals surface area contributed by atoms with Crippen molar-refractivity contribution >= 4 is 87.5 Å². The van der Waals surface area contributed by atoms with Gasteiger partial charge in [0.15, 0.2) is 11.2 Å². The van der Waals surface area contributed by atoms with E-state index in [4.69, 9.17) is 8.83 Å². The molecule has 0 aliphatic carbocycles. The zero-order valence-electron chi connectivity index (χ0n) is 37.8. The van der Waals surface area contributed by atoms with Gasteiger partial charge in [0.2, 0.25) is 0 Å². The lowest BCUT2D eigenvalue weighted by Crippen LogP contribution is -1.93. The SMILES string of the molecule is c1ccc(-c2ccc3c(c2)c2cc(-c4ccc5oc6c(ccc7c8cc(-c9ccc%10c(c9)c9cc(-c%11ccccc%11)ccc9n%10-c9ccccc9)ccc8oc76)c5c4)ccc2n3-c2ccccc2)cc1. The lowest BCUT2D eigenvalue weighted by molar-refractivity contribution is 0.633. The van der Waals surface area contributed by atoms with Gasteiger partial charge in [-0.15, -0.1) is 0 Å². The smallest absolute Gasteiger partial charge is 0.178 e. The summed E-state index contributed by atoms with van der Waals surface area (Å²) >= 11 is 0. The van der Waals surface area contributed by atoms with Crippen molar-refractivity contribution < 1.29 is 8.83 Å². The monoisotopic (exact) mass is 892 g/mol. The average molecular weight is 893 g/mol. The summed E-state index contributed by atoms with van der Waals surface area (Å²) in [6, 6.07) is 87.5. The van der Waals surface area contributed by atoms with E-state index < -0.39 is 0 Å². The summed E-state index contributed by atoms with van der Waals surface area (Å²) in [4.78, 5) is 0. The molecule has 0 amide bonds. The van der Waals surface area contributed by atoms with E-state index in [1.54, 1.807) is 0 Å². The summed E-state index contributed by atoms with van der Waals surface area (Å²) in [6.45, 7) is 0. The second-order valence-electron chi connectivity index (χ2n) is 18.4. The first-order chi connectivity index (χ1) is 34.7. The van der Waals surface area contributed by atoms with Crippen molar-refractivity contribution in [3.63, 3.8) is 0 Å². The standard InChI is InChI=1S/C66H40N2O2/c1-5-13-41(14-6-1)43-21-29-59-53(35-43)55-37-45(23-31-61(55)67(59)49-17-9-3-10-18-49)47-25-33-63-57(39-47)51-27-28-52-58-40-48(26-34-64(58)70-66(52)65(51)69-63)46-24-32-62-56(38-46)54-36-44(42-15-7-2-8-16-42)22-30-60(54)68(62)50-19-11-4-12-20-50/h1-40H. The van der Waals surface area contributed by atoms with E-state index in [9.17, 15) is 0 Å². The van der Waals surface area contributed by atoms with Gasteiger partial charge in [-0.2, -0.15) is 0 Å². The van der Waals surface area contributed by atoms with Crippen LogP contribution in [-0.4, -0.2) is 9.13 Å². The number of fused-ring (bicyclic) bond motifs is 13. The van der Waals surface area contributed by atoms with Gasteiger partial charge in [0.05, 0.1) is 22.1 Å². The van der Waals surface area contributed by atoms with Crippen LogP contribution in [0.5, 0.6) is 0 Å². The molecular weight excluding hydrogens is 853 g/mol. The molecule has 0 aliphatic rings. The average Bonchev–Trinajstić information content (AvgIpc) is 4.18. The highest BCUT2D eigenvalue weighted by atomic mass is 16.4. The van der Waals surface area contributed by atoms with Crippen molar-refractivity contribution in [2.45, 2.75) is 0 Å². The molecule has 0 spiro atoms. The van der Waals surface area contributed by atoms with Crippen LogP contribution in [0.3, 0.4) is 0 Å². The number of hydrogen-bond acceptors (Lipinski definition) is 2. The largest absolute Gasteiger partial charge is 0.452 e. The number of aromatic nitrogens is 2. The highest BCUT2D eigenvalue weighted by Crippen LogP contribution is 2.43. The third-order valence-corrected chi connectivity index (χ3v) is 14.5. The Morgan fingerprint density at radius 2 is 0.500 bits per heavy atom. The van der Waals surface area contributed by atoms with Crippen molar-refractivity contribution in [3.8, 4) is 55.9 Å². The van der Waals surface area contributed by atoms with E-state index >= 15 is 0 Å². The molecule has 0 saturated carbocycles. The summed E-state index contributed by atoms with van der Waals surface area (Å²) in [6.07, 6.45) is 0. The number of furan rings is 2. The lowest BCUT2D eigenvalue weighted by Gasteiger charge is -2.08. The molecule has 4 aromatic heterocycles. The van der Waals surface area contributed by atoms with E-state index in [1.807, 2.05) is 0 Å². The minimum Gasteiger partial charge on any atom is -0.452 e. The molecule has 15 rings (SSSR count). The molecule has 0 N–H and O–H groups in total. The van der Waals surface area contributed by atoms with Crippen LogP contribution in [0.25, 0.3) is 143 Å². The number of para-hydroxylation sites is 2. The molecule has 4 heterocycles. The summed E-state index contributed by atoms with van der Waals surface area (Å²) in [5.41, 5.74) is 19.6. The van der Waals surface area contributed by atoms with Crippen LogP contribution in [0, 0.1) is 0 Å². The first-order valence-corrected chi connectivity index (χ1v) is 23.9. The fourth-order valence-corrected chi connectivity index (χ4v) is 11.2. The Hall–Kier alpha value is -9.38. The van der Waals surface area contributed by atoms with Gasteiger partial charge in [-0.1, -0.05) is 133 Å². The molecule has 326 valence electrons. The Morgan fingerprint density at radius 1 is 0.214 bits per heavy atom. The maximum Gasteiger partial charge on any atom is 0.178 e. The Kier molecular flexibility index (Phi) is 8.33. The van der Waals surface area contributed by atoms with Gasteiger partial charge in [0, 0.05) is 54.5 Å².